The lowest BCUT2D eigenvalue weighted by atomic mass is 9.96. The van der Waals surface area contributed by atoms with E-state index in [0.717, 1.165) is 66.0 Å². The summed E-state index contributed by atoms with van der Waals surface area (Å²) in [6.45, 7) is 5.65. The Kier molecular flexibility index (Phi) is 7.51. The number of aromatic nitrogens is 3. The molecule has 0 bridgehead atoms. The topological polar surface area (TPSA) is 54.4 Å². The normalized spacial score (nSPS) is 13.9. The van der Waals surface area contributed by atoms with Gasteiger partial charge in [0.25, 0.3) is 0 Å². The van der Waals surface area contributed by atoms with Gasteiger partial charge < -0.3 is 9.64 Å². The Hall–Kier alpha value is -4.55. The van der Waals surface area contributed by atoms with E-state index in [9.17, 15) is 0 Å². The zero-order chi connectivity index (χ0) is 27.3. The summed E-state index contributed by atoms with van der Waals surface area (Å²) in [5, 5.41) is 0. The van der Waals surface area contributed by atoms with E-state index in [-0.39, 0.29) is 6.04 Å². The molecular formula is C34H33N5O. The molecule has 5 aromatic rings. The van der Waals surface area contributed by atoms with Gasteiger partial charge in [0.1, 0.15) is 17.4 Å². The van der Waals surface area contributed by atoms with Crippen molar-refractivity contribution in [2.24, 2.45) is 0 Å². The molecule has 0 saturated carbocycles. The highest BCUT2D eigenvalue weighted by atomic mass is 16.5. The highest BCUT2D eigenvalue weighted by Gasteiger charge is 2.27. The van der Waals surface area contributed by atoms with Crippen LogP contribution in [0, 0.1) is 6.92 Å². The zero-order valence-electron chi connectivity index (χ0n) is 22.9. The van der Waals surface area contributed by atoms with E-state index >= 15 is 0 Å². The predicted molar refractivity (Wildman–Crippen MR) is 161 cm³/mol. The van der Waals surface area contributed by atoms with Crippen LogP contribution in [0.25, 0.3) is 22.4 Å². The summed E-state index contributed by atoms with van der Waals surface area (Å²) in [6, 6.07) is 34.1. The SMILES string of the molecule is COc1ccc(-c2cncc(-c3cc(N4CCN(C(c5ccccc5)c5ccccc5)CC4)nc(C)n3)c2)cc1. The van der Waals surface area contributed by atoms with Gasteiger partial charge in [-0.3, -0.25) is 9.88 Å². The lowest BCUT2D eigenvalue weighted by Gasteiger charge is -2.40. The maximum atomic E-state index is 5.31. The second-order valence-electron chi connectivity index (χ2n) is 10.1. The zero-order valence-corrected chi connectivity index (χ0v) is 22.9. The van der Waals surface area contributed by atoms with Crippen molar-refractivity contribution in [3.05, 3.63) is 126 Å². The summed E-state index contributed by atoms with van der Waals surface area (Å²) in [5.41, 5.74) is 6.65. The van der Waals surface area contributed by atoms with Crippen molar-refractivity contribution in [1.82, 2.24) is 19.9 Å². The van der Waals surface area contributed by atoms with E-state index < -0.39 is 0 Å². The monoisotopic (exact) mass is 527 g/mol. The average molecular weight is 528 g/mol. The molecule has 3 aromatic carbocycles. The highest BCUT2D eigenvalue weighted by molar-refractivity contribution is 5.71. The molecule has 0 amide bonds. The van der Waals surface area contributed by atoms with Crippen LogP contribution in [0.1, 0.15) is 23.0 Å². The van der Waals surface area contributed by atoms with Crippen molar-refractivity contribution >= 4 is 5.82 Å². The fourth-order valence-electron chi connectivity index (χ4n) is 5.48. The molecule has 0 spiro atoms. The van der Waals surface area contributed by atoms with E-state index in [1.165, 1.54) is 11.1 Å². The van der Waals surface area contributed by atoms with E-state index in [1.807, 2.05) is 43.6 Å². The number of piperazine rings is 1. The molecule has 6 heteroatoms. The third kappa shape index (κ3) is 5.58. The highest BCUT2D eigenvalue weighted by Crippen LogP contribution is 2.31. The quantitative estimate of drug-likeness (QED) is 0.243. The molecule has 0 aliphatic carbocycles. The van der Waals surface area contributed by atoms with Crippen molar-refractivity contribution in [3.8, 4) is 28.1 Å². The molecule has 0 N–H and O–H groups in total. The smallest absolute Gasteiger partial charge is 0.132 e. The molecule has 1 fully saturated rings. The molecule has 1 aliphatic rings. The molecule has 1 saturated heterocycles. The minimum atomic E-state index is 0.235. The van der Waals surface area contributed by atoms with Crippen molar-refractivity contribution < 1.29 is 4.74 Å². The third-order valence-corrected chi connectivity index (χ3v) is 7.52. The Balaban J connectivity index is 1.22. The number of rotatable bonds is 7. The maximum Gasteiger partial charge on any atom is 0.132 e. The molecule has 0 atom stereocenters. The van der Waals surface area contributed by atoms with Crippen LogP contribution in [0.3, 0.4) is 0 Å². The largest absolute Gasteiger partial charge is 0.497 e. The van der Waals surface area contributed by atoms with Crippen LogP contribution >= 0.6 is 0 Å². The van der Waals surface area contributed by atoms with Crippen LogP contribution in [0.4, 0.5) is 5.82 Å². The molecule has 200 valence electrons. The molecule has 0 unspecified atom stereocenters. The molecule has 3 heterocycles. The average Bonchev–Trinajstić information content (AvgIpc) is 3.02. The number of benzene rings is 3. The lowest BCUT2D eigenvalue weighted by Crippen LogP contribution is -2.48. The van der Waals surface area contributed by atoms with Gasteiger partial charge in [-0.05, 0) is 41.8 Å². The van der Waals surface area contributed by atoms with Gasteiger partial charge in [-0.25, -0.2) is 9.97 Å². The summed E-state index contributed by atoms with van der Waals surface area (Å²) >= 11 is 0. The predicted octanol–water partition coefficient (Wildman–Crippen LogP) is 6.43. The number of pyridine rings is 1. The van der Waals surface area contributed by atoms with E-state index in [4.69, 9.17) is 14.7 Å². The number of aryl methyl sites for hydroxylation is 1. The summed E-state index contributed by atoms with van der Waals surface area (Å²) in [7, 11) is 1.68. The first-order valence-electron chi connectivity index (χ1n) is 13.7. The van der Waals surface area contributed by atoms with Gasteiger partial charge in [-0.2, -0.15) is 0 Å². The van der Waals surface area contributed by atoms with Crippen LogP contribution < -0.4 is 9.64 Å². The van der Waals surface area contributed by atoms with Crippen LogP contribution in [-0.2, 0) is 0 Å². The summed E-state index contributed by atoms with van der Waals surface area (Å²) in [4.78, 5) is 19.1. The molecule has 0 radical (unpaired) electrons. The second kappa shape index (κ2) is 11.7. The Morgan fingerprint density at radius 1 is 0.675 bits per heavy atom. The third-order valence-electron chi connectivity index (χ3n) is 7.52. The van der Waals surface area contributed by atoms with Crippen LogP contribution in [0.2, 0.25) is 0 Å². The molecule has 6 rings (SSSR count). The van der Waals surface area contributed by atoms with Crippen molar-refractivity contribution in [2.45, 2.75) is 13.0 Å². The standard InChI is InChI=1S/C34H33N5O/c1-25-36-32(30-21-29(23-35-24-30)26-13-15-31(40-2)16-14-26)22-33(37-25)38-17-19-39(20-18-38)34(27-9-5-3-6-10-27)28-11-7-4-8-12-28/h3-16,21-24,34H,17-20H2,1-2H3. The Bertz CT molecular complexity index is 1510. The number of anilines is 1. The van der Waals surface area contributed by atoms with Crippen LogP contribution in [0.5, 0.6) is 5.75 Å². The van der Waals surface area contributed by atoms with Crippen LogP contribution in [0.15, 0.2) is 109 Å². The fraction of sp³-hybridized carbons (Fsp3) is 0.206. The molecular weight excluding hydrogens is 494 g/mol. The number of methoxy groups -OCH3 is 1. The Labute approximate surface area is 236 Å². The first-order chi connectivity index (χ1) is 19.7. The van der Waals surface area contributed by atoms with Gasteiger partial charge in [0.15, 0.2) is 0 Å². The van der Waals surface area contributed by atoms with Gasteiger partial charge >= 0.3 is 0 Å². The molecule has 6 nitrogen and oxygen atoms in total. The van der Waals surface area contributed by atoms with Crippen LogP contribution in [-0.4, -0.2) is 53.1 Å². The maximum absolute atomic E-state index is 5.31. The summed E-state index contributed by atoms with van der Waals surface area (Å²) in [6.07, 6.45) is 3.76. The van der Waals surface area contributed by atoms with Crippen molar-refractivity contribution in [3.63, 3.8) is 0 Å². The first kappa shape index (κ1) is 25.7. The van der Waals surface area contributed by atoms with Gasteiger partial charge in [0.2, 0.25) is 0 Å². The minimum Gasteiger partial charge on any atom is -0.497 e. The van der Waals surface area contributed by atoms with Gasteiger partial charge in [0, 0.05) is 55.8 Å². The number of hydrogen-bond donors (Lipinski definition) is 0. The number of ether oxygens (including phenoxy) is 1. The summed E-state index contributed by atoms with van der Waals surface area (Å²) < 4.78 is 5.31. The number of hydrogen-bond acceptors (Lipinski definition) is 6. The number of nitrogens with zero attached hydrogens (tertiary/aromatic N) is 5. The van der Waals surface area contributed by atoms with E-state index in [1.54, 1.807) is 7.11 Å². The Morgan fingerprint density at radius 2 is 1.30 bits per heavy atom. The van der Waals surface area contributed by atoms with E-state index in [2.05, 4.69) is 87.6 Å². The lowest BCUT2D eigenvalue weighted by molar-refractivity contribution is 0.212. The molecule has 2 aromatic heterocycles. The van der Waals surface area contributed by atoms with Gasteiger partial charge in [-0.15, -0.1) is 0 Å². The fourth-order valence-corrected chi connectivity index (χ4v) is 5.48. The minimum absolute atomic E-state index is 0.235. The molecule has 1 aliphatic heterocycles. The van der Waals surface area contributed by atoms with Gasteiger partial charge in [-0.1, -0.05) is 72.8 Å². The van der Waals surface area contributed by atoms with Gasteiger partial charge in [0.05, 0.1) is 18.8 Å². The summed E-state index contributed by atoms with van der Waals surface area (Å²) in [5.74, 6) is 2.56. The second-order valence-corrected chi connectivity index (χ2v) is 10.1. The Morgan fingerprint density at radius 3 is 1.93 bits per heavy atom. The molecule has 40 heavy (non-hydrogen) atoms. The first-order valence-corrected chi connectivity index (χ1v) is 13.7. The van der Waals surface area contributed by atoms with E-state index in [0.29, 0.717) is 0 Å². The van der Waals surface area contributed by atoms with Crippen molar-refractivity contribution in [1.29, 1.82) is 0 Å². The van der Waals surface area contributed by atoms with Crippen molar-refractivity contribution in [2.75, 3.05) is 38.2 Å².